The van der Waals surface area contributed by atoms with Crippen molar-refractivity contribution in [3.63, 3.8) is 0 Å². The fourth-order valence-electron chi connectivity index (χ4n) is 2.34. The molecule has 1 aromatic rings. The van der Waals surface area contributed by atoms with Crippen LogP contribution in [0.1, 0.15) is 35.7 Å². The van der Waals surface area contributed by atoms with Crippen LogP contribution in [-0.2, 0) is 10.0 Å². The molecule has 0 aromatic heterocycles. The predicted molar refractivity (Wildman–Crippen MR) is 79.9 cm³/mol. The van der Waals surface area contributed by atoms with E-state index in [-0.39, 0.29) is 16.8 Å². The first-order valence-electron chi connectivity index (χ1n) is 6.32. The van der Waals surface area contributed by atoms with E-state index in [1.807, 2.05) is 0 Å². The van der Waals surface area contributed by atoms with Gasteiger partial charge in [-0.1, -0.05) is 22.9 Å². The number of primary sulfonamides is 1. The van der Waals surface area contributed by atoms with Gasteiger partial charge in [0.25, 0.3) is 5.91 Å². The number of hydrogen-bond donors (Lipinski definition) is 2. The third kappa shape index (κ3) is 3.21. The van der Waals surface area contributed by atoms with Gasteiger partial charge >= 0.3 is 0 Å². The molecular formula is C13H17BrN2O3S. The van der Waals surface area contributed by atoms with Gasteiger partial charge in [0.2, 0.25) is 10.0 Å². The average Bonchev–Trinajstić information content (AvgIpc) is 2.28. The van der Waals surface area contributed by atoms with Crippen LogP contribution in [0.4, 0.5) is 0 Å². The van der Waals surface area contributed by atoms with Crippen molar-refractivity contribution in [1.82, 2.24) is 5.32 Å². The highest BCUT2D eigenvalue weighted by molar-refractivity contribution is 9.10. The molecule has 0 radical (unpaired) electrons. The van der Waals surface area contributed by atoms with Gasteiger partial charge in [-0.15, -0.1) is 0 Å². The number of halogens is 1. The summed E-state index contributed by atoms with van der Waals surface area (Å²) in [7, 11) is -3.84. The van der Waals surface area contributed by atoms with Gasteiger partial charge in [-0.3, -0.25) is 4.79 Å². The van der Waals surface area contributed by atoms with Crippen molar-refractivity contribution in [1.29, 1.82) is 0 Å². The highest BCUT2D eigenvalue weighted by atomic mass is 79.9. The number of carbonyl (C=O) groups excluding carboxylic acids is 1. The molecule has 0 unspecified atom stereocenters. The van der Waals surface area contributed by atoms with Crippen molar-refractivity contribution >= 4 is 31.9 Å². The number of benzene rings is 1. The minimum atomic E-state index is -3.84. The number of nitrogens with two attached hydrogens (primary N) is 1. The molecule has 1 aliphatic rings. The molecule has 110 valence electrons. The van der Waals surface area contributed by atoms with Gasteiger partial charge in [0, 0.05) is 16.1 Å². The Labute approximate surface area is 127 Å². The van der Waals surface area contributed by atoms with Gasteiger partial charge in [0.1, 0.15) is 0 Å². The van der Waals surface area contributed by atoms with Gasteiger partial charge in [-0.05, 0) is 43.4 Å². The Morgan fingerprint density at radius 2 is 2.00 bits per heavy atom. The standard InChI is InChI=1S/C13H17BrN2O3S/c1-7-3-9(4-7)16-13(17)11-5-10(20(15,18)19)6-12(14)8(11)2/h5-7,9H,3-4H2,1-2H3,(H,16,17)(H2,15,18,19). The van der Waals surface area contributed by atoms with Gasteiger partial charge in [0.05, 0.1) is 4.90 Å². The first-order valence-corrected chi connectivity index (χ1v) is 8.66. The molecular weight excluding hydrogens is 344 g/mol. The van der Waals surface area contributed by atoms with Gasteiger partial charge < -0.3 is 5.32 Å². The lowest BCUT2D eigenvalue weighted by atomic mass is 9.82. The quantitative estimate of drug-likeness (QED) is 0.862. The van der Waals surface area contributed by atoms with Crippen LogP contribution in [0.2, 0.25) is 0 Å². The zero-order valence-corrected chi connectivity index (χ0v) is 13.7. The van der Waals surface area contributed by atoms with Gasteiger partial charge in [-0.2, -0.15) is 0 Å². The maximum atomic E-state index is 12.2. The molecule has 0 bridgehead atoms. The lowest BCUT2D eigenvalue weighted by molar-refractivity contribution is 0.0895. The minimum Gasteiger partial charge on any atom is -0.349 e. The maximum absolute atomic E-state index is 12.2. The molecule has 1 aromatic carbocycles. The molecule has 20 heavy (non-hydrogen) atoms. The second kappa shape index (κ2) is 5.46. The highest BCUT2D eigenvalue weighted by Gasteiger charge is 2.28. The van der Waals surface area contributed by atoms with Crippen molar-refractivity contribution in [3.8, 4) is 0 Å². The molecule has 7 heteroatoms. The summed E-state index contributed by atoms with van der Waals surface area (Å²) < 4.78 is 23.4. The molecule has 1 aliphatic carbocycles. The molecule has 5 nitrogen and oxygen atoms in total. The van der Waals surface area contributed by atoms with E-state index in [1.165, 1.54) is 12.1 Å². The Hall–Kier alpha value is -0.920. The summed E-state index contributed by atoms with van der Waals surface area (Å²) >= 11 is 3.26. The molecule has 3 N–H and O–H groups in total. The number of hydrogen-bond acceptors (Lipinski definition) is 3. The second-order valence-electron chi connectivity index (χ2n) is 5.37. The maximum Gasteiger partial charge on any atom is 0.251 e. The van der Waals surface area contributed by atoms with Gasteiger partial charge in [0.15, 0.2) is 0 Å². The van der Waals surface area contributed by atoms with Crippen LogP contribution >= 0.6 is 15.9 Å². The smallest absolute Gasteiger partial charge is 0.251 e. The highest BCUT2D eigenvalue weighted by Crippen LogP contribution is 2.28. The normalized spacial score (nSPS) is 22.2. The van der Waals surface area contributed by atoms with Crippen molar-refractivity contribution < 1.29 is 13.2 Å². The van der Waals surface area contributed by atoms with Gasteiger partial charge in [-0.25, -0.2) is 13.6 Å². The molecule has 0 saturated heterocycles. The van der Waals surface area contributed by atoms with E-state index in [0.717, 1.165) is 12.8 Å². The Kier molecular flexibility index (Phi) is 4.22. The number of carbonyl (C=O) groups is 1. The van der Waals surface area contributed by atoms with Crippen molar-refractivity contribution in [2.45, 2.75) is 37.6 Å². The van der Waals surface area contributed by atoms with Crippen LogP contribution in [0.3, 0.4) is 0 Å². The number of rotatable bonds is 3. The fraction of sp³-hybridized carbons (Fsp3) is 0.462. The monoisotopic (exact) mass is 360 g/mol. The molecule has 2 rings (SSSR count). The minimum absolute atomic E-state index is 0.0675. The molecule has 0 atom stereocenters. The topological polar surface area (TPSA) is 89.3 Å². The van der Waals surface area contributed by atoms with Crippen LogP contribution < -0.4 is 10.5 Å². The average molecular weight is 361 g/mol. The van der Waals surface area contributed by atoms with Crippen molar-refractivity contribution in [3.05, 3.63) is 27.7 Å². The zero-order chi connectivity index (χ0) is 15.1. The molecule has 0 spiro atoms. The summed E-state index contributed by atoms with van der Waals surface area (Å²) in [6, 6.07) is 2.91. The molecule has 0 aliphatic heterocycles. The van der Waals surface area contributed by atoms with Crippen LogP contribution in [0.25, 0.3) is 0 Å². The first kappa shape index (κ1) is 15.5. The second-order valence-corrected chi connectivity index (χ2v) is 7.79. The first-order chi connectivity index (χ1) is 9.18. The summed E-state index contributed by atoms with van der Waals surface area (Å²) in [5.74, 6) is 0.370. The Morgan fingerprint density at radius 3 is 2.50 bits per heavy atom. The number of sulfonamides is 1. The van der Waals surface area contributed by atoms with Crippen molar-refractivity contribution in [2.75, 3.05) is 0 Å². The van der Waals surface area contributed by atoms with E-state index < -0.39 is 10.0 Å². The summed E-state index contributed by atoms with van der Waals surface area (Å²) in [5.41, 5.74) is 1.03. The summed E-state index contributed by atoms with van der Waals surface area (Å²) in [6.45, 7) is 3.89. The summed E-state index contributed by atoms with van der Waals surface area (Å²) in [5, 5.41) is 8.04. The van der Waals surface area contributed by atoms with E-state index in [2.05, 4.69) is 28.2 Å². The third-order valence-corrected chi connectivity index (χ3v) is 5.32. The van der Waals surface area contributed by atoms with E-state index in [4.69, 9.17) is 5.14 Å². The molecule has 1 fully saturated rings. The van der Waals surface area contributed by atoms with E-state index in [9.17, 15) is 13.2 Å². The fourth-order valence-corrected chi connectivity index (χ4v) is 3.51. The number of amides is 1. The zero-order valence-electron chi connectivity index (χ0n) is 11.3. The van der Waals surface area contributed by atoms with Crippen LogP contribution in [0.5, 0.6) is 0 Å². The van der Waals surface area contributed by atoms with E-state index in [0.29, 0.717) is 21.5 Å². The largest absolute Gasteiger partial charge is 0.349 e. The lowest BCUT2D eigenvalue weighted by Gasteiger charge is -2.33. The van der Waals surface area contributed by atoms with E-state index >= 15 is 0 Å². The third-order valence-electron chi connectivity index (χ3n) is 3.60. The summed E-state index contributed by atoms with van der Waals surface area (Å²) in [4.78, 5) is 12.2. The molecule has 0 heterocycles. The molecule has 1 saturated carbocycles. The van der Waals surface area contributed by atoms with Crippen LogP contribution in [-0.4, -0.2) is 20.4 Å². The van der Waals surface area contributed by atoms with Crippen LogP contribution in [0, 0.1) is 12.8 Å². The number of nitrogens with one attached hydrogen (secondary N) is 1. The Morgan fingerprint density at radius 1 is 1.40 bits per heavy atom. The lowest BCUT2D eigenvalue weighted by Crippen LogP contribution is -2.43. The molecule has 1 amide bonds. The van der Waals surface area contributed by atoms with Crippen molar-refractivity contribution in [2.24, 2.45) is 11.1 Å². The Balaban J connectivity index is 2.30. The van der Waals surface area contributed by atoms with Crippen LogP contribution in [0.15, 0.2) is 21.5 Å². The predicted octanol–water partition coefficient (Wildman–Crippen LogP) is 1.93. The summed E-state index contributed by atoms with van der Waals surface area (Å²) in [6.07, 6.45) is 1.92. The SMILES string of the molecule is Cc1c(Br)cc(S(N)(=O)=O)cc1C(=O)NC1CC(C)C1. The van der Waals surface area contributed by atoms with E-state index in [1.54, 1.807) is 6.92 Å². The Bertz CT molecular complexity index is 652.